The maximum Gasteiger partial charge on any atom is 0.501 e. The van der Waals surface area contributed by atoms with Crippen LogP contribution in [0.4, 0.5) is 0 Å². The van der Waals surface area contributed by atoms with Gasteiger partial charge < -0.3 is 26.6 Å². The summed E-state index contributed by atoms with van der Waals surface area (Å²) in [7, 11) is -4.77. The zero-order chi connectivity index (χ0) is 23.4. The SMILES string of the molecule is CCC[Si](OCC)(OCC)OCC.CCO[Si](CCc1ccccc1)(OCC)OCC. The van der Waals surface area contributed by atoms with Gasteiger partial charge in [-0.1, -0.05) is 43.7 Å². The van der Waals surface area contributed by atoms with Crippen molar-refractivity contribution < 1.29 is 26.6 Å². The number of hydrogen-bond acceptors (Lipinski definition) is 6. The van der Waals surface area contributed by atoms with Crippen LogP contribution in [0.5, 0.6) is 0 Å². The molecular weight excluding hydrogens is 428 g/mol. The van der Waals surface area contributed by atoms with Gasteiger partial charge in [0.05, 0.1) is 0 Å². The van der Waals surface area contributed by atoms with Gasteiger partial charge in [-0.05, 0) is 53.5 Å². The highest BCUT2D eigenvalue weighted by atomic mass is 28.4. The van der Waals surface area contributed by atoms with E-state index in [1.54, 1.807) is 0 Å². The minimum absolute atomic E-state index is 0.640. The van der Waals surface area contributed by atoms with Crippen molar-refractivity contribution in [2.24, 2.45) is 0 Å². The minimum atomic E-state index is -2.48. The molecule has 0 aliphatic heterocycles. The van der Waals surface area contributed by atoms with Crippen LogP contribution < -0.4 is 0 Å². The molecule has 31 heavy (non-hydrogen) atoms. The maximum absolute atomic E-state index is 5.83. The molecular formula is C23H46O6Si2. The molecule has 0 N–H and O–H groups in total. The predicted octanol–water partition coefficient (Wildman–Crippen LogP) is 5.72. The molecule has 0 bridgehead atoms. The molecule has 0 saturated heterocycles. The van der Waals surface area contributed by atoms with Gasteiger partial charge in [0, 0.05) is 51.7 Å². The molecule has 0 aromatic heterocycles. The van der Waals surface area contributed by atoms with Crippen molar-refractivity contribution in [1.82, 2.24) is 0 Å². The molecule has 1 rings (SSSR count). The fourth-order valence-corrected chi connectivity index (χ4v) is 8.46. The Bertz CT molecular complexity index is 472. The fourth-order valence-electron chi connectivity index (χ4n) is 3.25. The second kappa shape index (κ2) is 18.9. The third-order valence-corrected chi connectivity index (χ3v) is 10.7. The summed E-state index contributed by atoms with van der Waals surface area (Å²) in [4.78, 5) is 0. The fraction of sp³-hybridized carbons (Fsp3) is 0.739. The highest BCUT2D eigenvalue weighted by Crippen LogP contribution is 2.19. The lowest BCUT2D eigenvalue weighted by Gasteiger charge is -2.28. The summed E-state index contributed by atoms with van der Waals surface area (Å²) in [5.41, 5.74) is 1.30. The van der Waals surface area contributed by atoms with Crippen molar-refractivity contribution in [2.45, 2.75) is 73.4 Å². The first-order valence-electron chi connectivity index (χ1n) is 11.9. The molecule has 6 nitrogen and oxygen atoms in total. The number of hydrogen-bond donors (Lipinski definition) is 0. The van der Waals surface area contributed by atoms with Crippen LogP contribution in [-0.4, -0.2) is 57.3 Å². The van der Waals surface area contributed by atoms with Gasteiger partial charge in [0.15, 0.2) is 0 Å². The summed E-state index contributed by atoms with van der Waals surface area (Å²) in [5.74, 6) is 0. The van der Waals surface area contributed by atoms with Crippen LogP contribution >= 0.6 is 0 Å². The molecule has 0 aliphatic carbocycles. The Kier molecular flexibility index (Phi) is 18.6. The van der Waals surface area contributed by atoms with E-state index in [0.29, 0.717) is 39.6 Å². The first kappa shape index (κ1) is 30.4. The van der Waals surface area contributed by atoms with E-state index in [2.05, 4.69) is 31.2 Å². The molecule has 182 valence electrons. The van der Waals surface area contributed by atoms with E-state index in [0.717, 1.165) is 24.9 Å². The zero-order valence-electron chi connectivity index (χ0n) is 20.9. The lowest BCUT2D eigenvalue weighted by atomic mass is 10.2. The van der Waals surface area contributed by atoms with Crippen molar-refractivity contribution in [3.8, 4) is 0 Å². The Morgan fingerprint density at radius 3 is 1.19 bits per heavy atom. The van der Waals surface area contributed by atoms with E-state index in [1.165, 1.54) is 5.56 Å². The van der Waals surface area contributed by atoms with Crippen molar-refractivity contribution in [1.29, 1.82) is 0 Å². The van der Waals surface area contributed by atoms with Crippen LogP contribution in [0.3, 0.4) is 0 Å². The van der Waals surface area contributed by atoms with Crippen LogP contribution in [-0.2, 0) is 33.0 Å². The molecule has 0 fully saturated rings. The smallest absolute Gasteiger partial charge is 0.374 e. The monoisotopic (exact) mass is 474 g/mol. The standard InChI is InChI=1S/C14H24O3Si.C9H22O3Si/c1-4-15-18(16-5-2,17-6-3)13-12-14-10-8-7-9-11-14;1-5-9-13(10-6-2,11-7-3)12-8-4/h7-11H,4-6,12-13H2,1-3H3;5-9H2,1-4H3. The molecule has 0 radical (unpaired) electrons. The summed E-state index contributed by atoms with van der Waals surface area (Å²) >= 11 is 0. The van der Waals surface area contributed by atoms with Gasteiger partial charge in [-0.2, -0.15) is 0 Å². The quantitative estimate of drug-likeness (QED) is 0.269. The van der Waals surface area contributed by atoms with Gasteiger partial charge in [0.25, 0.3) is 0 Å². The van der Waals surface area contributed by atoms with E-state index in [9.17, 15) is 0 Å². The van der Waals surface area contributed by atoms with Gasteiger partial charge >= 0.3 is 17.6 Å². The molecule has 8 heteroatoms. The third kappa shape index (κ3) is 12.9. The van der Waals surface area contributed by atoms with E-state index in [-0.39, 0.29) is 0 Å². The molecule has 0 spiro atoms. The Morgan fingerprint density at radius 1 is 0.516 bits per heavy atom. The first-order valence-corrected chi connectivity index (χ1v) is 15.7. The second-order valence-electron chi connectivity index (χ2n) is 6.70. The molecule has 0 unspecified atom stereocenters. The molecule has 0 atom stereocenters. The molecule has 0 amide bonds. The number of rotatable bonds is 17. The zero-order valence-corrected chi connectivity index (χ0v) is 22.9. The molecule has 1 aromatic carbocycles. The normalized spacial score (nSPS) is 11.8. The van der Waals surface area contributed by atoms with Crippen LogP contribution in [0.2, 0.25) is 12.1 Å². The number of benzene rings is 1. The van der Waals surface area contributed by atoms with Crippen LogP contribution in [0.25, 0.3) is 0 Å². The number of aryl methyl sites for hydroxylation is 1. The summed E-state index contributed by atoms with van der Waals surface area (Å²) in [5, 5.41) is 0. The van der Waals surface area contributed by atoms with Gasteiger partial charge in [0.2, 0.25) is 0 Å². The summed E-state index contributed by atoms with van der Waals surface area (Å²) < 4.78 is 34.4. The van der Waals surface area contributed by atoms with Crippen LogP contribution in [0.1, 0.15) is 60.5 Å². The first-order chi connectivity index (χ1) is 15.0. The predicted molar refractivity (Wildman–Crippen MR) is 131 cm³/mol. The van der Waals surface area contributed by atoms with E-state index in [4.69, 9.17) is 26.6 Å². The van der Waals surface area contributed by atoms with Gasteiger partial charge in [-0.3, -0.25) is 0 Å². The average molecular weight is 475 g/mol. The van der Waals surface area contributed by atoms with E-state index in [1.807, 2.05) is 47.6 Å². The highest BCUT2D eigenvalue weighted by Gasteiger charge is 2.40. The minimum Gasteiger partial charge on any atom is -0.374 e. The molecule has 0 heterocycles. The lowest BCUT2D eigenvalue weighted by Crippen LogP contribution is -2.46. The summed E-state index contributed by atoms with van der Waals surface area (Å²) in [6.07, 6.45) is 1.99. The molecule has 0 saturated carbocycles. The average Bonchev–Trinajstić information content (AvgIpc) is 2.75. The lowest BCUT2D eigenvalue weighted by molar-refractivity contribution is 0.0705. The van der Waals surface area contributed by atoms with Crippen LogP contribution in [0, 0.1) is 0 Å². The second-order valence-corrected chi connectivity index (χ2v) is 12.2. The van der Waals surface area contributed by atoms with Gasteiger partial charge in [-0.15, -0.1) is 0 Å². The topological polar surface area (TPSA) is 55.4 Å². The van der Waals surface area contributed by atoms with Crippen molar-refractivity contribution in [3.05, 3.63) is 35.9 Å². The van der Waals surface area contributed by atoms with Crippen molar-refractivity contribution in [2.75, 3.05) is 39.6 Å². The molecule has 0 aliphatic rings. The summed E-state index contributed by atoms with van der Waals surface area (Å²) in [6.45, 7) is 18.0. The van der Waals surface area contributed by atoms with E-state index >= 15 is 0 Å². The Balaban J connectivity index is 0.000000615. The van der Waals surface area contributed by atoms with Crippen molar-refractivity contribution >= 4 is 17.6 Å². The van der Waals surface area contributed by atoms with Gasteiger partial charge in [0.1, 0.15) is 0 Å². The van der Waals surface area contributed by atoms with E-state index < -0.39 is 17.6 Å². The van der Waals surface area contributed by atoms with Crippen molar-refractivity contribution in [3.63, 3.8) is 0 Å². The Morgan fingerprint density at radius 2 is 0.871 bits per heavy atom. The Hall–Kier alpha value is -0.586. The van der Waals surface area contributed by atoms with Crippen LogP contribution in [0.15, 0.2) is 30.3 Å². The highest BCUT2D eigenvalue weighted by molar-refractivity contribution is 6.61. The largest absolute Gasteiger partial charge is 0.501 e. The Labute approximate surface area is 193 Å². The summed E-state index contributed by atoms with van der Waals surface area (Å²) in [6, 6.07) is 12.2. The molecule has 1 aromatic rings. The maximum atomic E-state index is 5.83. The van der Waals surface area contributed by atoms with Gasteiger partial charge in [-0.25, -0.2) is 0 Å². The third-order valence-electron chi connectivity index (χ3n) is 4.30.